The Hall–Kier alpha value is -2.12. The van der Waals surface area contributed by atoms with Gasteiger partial charge in [-0.25, -0.2) is 9.59 Å². The second kappa shape index (κ2) is 8.12. The molecule has 2 amide bonds. The summed E-state index contributed by atoms with van der Waals surface area (Å²) >= 11 is 0. The Morgan fingerprint density at radius 1 is 1.25 bits per heavy atom. The van der Waals surface area contributed by atoms with Crippen LogP contribution < -0.4 is 10.6 Å². The number of hydrogen-bond donors (Lipinski definition) is 2. The van der Waals surface area contributed by atoms with E-state index < -0.39 is 41.6 Å². The molecular weight excluding hydrogens is 316 g/mol. The molecule has 0 spiro atoms. The van der Waals surface area contributed by atoms with Gasteiger partial charge in [0.25, 0.3) is 0 Å². The van der Waals surface area contributed by atoms with Crippen LogP contribution in [0.5, 0.6) is 0 Å². The van der Waals surface area contributed by atoms with E-state index in [9.17, 15) is 19.2 Å². The Bertz CT molecular complexity index is 511. The third-order valence-corrected chi connectivity index (χ3v) is 3.46. The van der Waals surface area contributed by atoms with Gasteiger partial charge in [0, 0.05) is 31.7 Å². The van der Waals surface area contributed by atoms with E-state index in [1.807, 2.05) is 0 Å². The topological polar surface area (TPSA) is 111 Å². The van der Waals surface area contributed by atoms with Gasteiger partial charge in [-0.15, -0.1) is 0 Å². The fourth-order valence-electron chi connectivity index (χ4n) is 2.64. The number of hydrogen-bond acceptors (Lipinski definition) is 6. The average molecular weight is 342 g/mol. The third-order valence-electron chi connectivity index (χ3n) is 3.46. The molecule has 1 saturated carbocycles. The van der Waals surface area contributed by atoms with E-state index in [-0.39, 0.29) is 25.2 Å². The predicted octanol–water partition coefficient (Wildman–Crippen LogP) is 0.927. The fourth-order valence-corrected chi connectivity index (χ4v) is 2.64. The van der Waals surface area contributed by atoms with Crippen molar-refractivity contribution in [3.63, 3.8) is 0 Å². The number of ketones is 1. The summed E-state index contributed by atoms with van der Waals surface area (Å²) in [5.41, 5.74) is -0.680. The molecule has 0 aromatic carbocycles. The number of carbonyl (C=O) groups excluding carboxylic acids is 4. The first-order valence-corrected chi connectivity index (χ1v) is 7.98. The molecule has 1 fully saturated rings. The number of esters is 1. The highest BCUT2D eigenvalue weighted by molar-refractivity contribution is 5.88. The SMILES string of the molecule is CCOC(=O)C(NC(C)=O)C1CC(=O)CC1NC(=O)OC(C)(C)C. The molecule has 0 aromatic rings. The molecule has 2 N–H and O–H groups in total. The molecule has 1 rings (SSSR count). The molecule has 24 heavy (non-hydrogen) atoms. The summed E-state index contributed by atoms with van der Waals surface area (Å²) in [5, 5.41) is 5.15. The van der Waals surface area contributed by atoms with Gasteiger partial charge in [0.2, 0.25) is 5.91 Å². The van der Waals surface area contributed by atoms with E-state index in [0.29, 0.717) is 0 Å². The number of nitrogens with one attached hydrogen (secondary N) is 2. The van der Waals surface area contributed by atoms with Gasteiger partial charge in [-0.05, 0) is 27.7 Å². The Morgan fingerprint density at radius 3 is 2.38 bits per heavy atom. The molecule has 0 heterocycles. The molecule has 3 atom stereocenters. The maximum atomic E-state index is 12.1. The van der Waals surface area contributed by atoms with E-state index in [4.69, 9.17) is 9.47 Å². The van der Waals surface area contributed by atoms with Crippen molar-refractivity contribution in [2.24, 2.45) is 5.92 Å². The number of amides is 2. The Labute approximate surface area is 141 Å². The highest BCUT2D eigenvalue weighted by atomic mass is 16.6. The van der Waals surface area contributed by atoms with Gasteiger partial charge in [-0.3, -0.25) is 9.59 Å². The quantitative estimate of drug-likeness (QED) is 0.719. The van der Waals surface area contributed by atoms with Crippen LogP contribution in [0.1, 0.15) is 47.5 Å². The lowest BCUT2D eigenvalue weighted by molar-refractivity contribution is -0.149. The van der Waals surface area contributed by atoms with Crippen molar-refractivity contribution in [3.8, 4) is 0 Å². The highest BCUT2D eigenvalue weighted by Crippen LogP contribution is 2.27. The van der Waals surface area contributed by atoms with E-state index in [0.717, 1.165) is 0 Å². The van der Waals surface area contributed by atoms with Gasteiger partial charge in [0.05, 0.1) is 6.61 Å². The normalized spacial score (nSPS) is 21.8. The average Bonchev–Trinajstić information content (AvgIpc) is 2.74. The van der Waals surface area contributed by atoms with Crippen molar-refractivity contribution in [3.05, 3.63) is 0 Å². The fraction of sp³-hybridized carbons (Fsp3) is 0.750. The van der Waals surface area contributed by atoms with Gasteiger partial charge in [-0.1, -0.05) is 0 Å². The minimum absolute atomic E-state index is 0.0736. The minimum atomic E-state index is -0.992. The van der Waals surface area contributed by atoms with Gasteiger partial charge in [-0.2, -0.15) is 0 Å². The molecule has 3 unspecified atom stereocenters. The van der Waals surface area contributed by atoms with E-state index in [1.165, 1.54) is 6.92 Å². The zero-order valence-electron chi connectivity index (χ0n) is 14.8. The van der Waals surface area contributed by atoms with Crippen LogP contribution in [0.25, 0.3) is 0 Å². The van der Waals surface area contributed by atoms with Crippen molar-refractivity contribution in [1.82, 2.24) is 10.6 Å². The first-order valence-electron chi connectivity index (χ1n) is 7.98. The summed E-state index contributed by atoms with van der Waals surface area (Å²) in [6.45, 7) is 8.26. The van der Waals surface area contributed by atoms with E-state index in [2.05, 4.69) is 10.6 Å². The van der Waals surface area contributed by atoms with Crippen LogP contribution in [0.15, 0.2) is 0 Å². The second-order valence-corrected chi connectivity index (χ2v) is 6.79. The van der Waals surface area contributed by atoms with Gasteiger partial charge >= 0.3 is 12.1 Å². The number of Topliss-reactive ketones (excluding diaryl/α,β-unsaturated/α-hetero) is 1. The van der Waals surface area contributed by atoms with Crippen molar-refractivity contribution >= 4 is 23.8 Å². The molecule has 136 valence electrons. The maximum Gasteiger partial charge on any atom is 0.407 e. The second-order valence-electron chi connectivity index (χ2n) is 6.79. The molecular formula is C16H26N2O6. The van der Waals surface area contributed by atoms with Crippen LogP contribution in [0, 0.1) is 5.92 Å². The summed E-state index contributed by atoms with van der Waals surface area (Å²) in [6.07, 6.45) is -0.512. The molecule has 0 aromatic heterocycles. The third kappa shape index (κ3) is 6.17. The summed E-state index contributed by atoms with van der Waals surface area (Å²) in [6, 6.07) is -1.59. The van der Waals surface area contributed by atoms with Crippen molar-refractivity contribution in [2.75, 3.05) is 6.61 Å². The lowest BCUT2D eigenvalue weighted by Crippen LogP contribution is -2.52. The molecule has 1 aliphatic rings. The van der Waals surface area contributed by atoms with E-state index in [1.54, 1.807) is 27.7 Å². The lowest BCUT2D eigenvalue weighted by atomic mass is 9.94. The van der Waals surface area contributed by atoms with Gasteiger partial charge < -0.3 is 20.1 Å². The Kier molecular flexibility index (Phi) is 6.74. The molecule has 0 radical (unpaired) electrons. The zero-order chi connectivity index (χ0) is 18.5. The molecule has 8 heteroatoms. The predicted molar refractivity (Wildman–Crippen MR) is 85.1 cm³/mol. The number of rotatable bonds is 5. The zero-order valence-corrected chi connectivity index (χ0v) is 14.8. The Balaban J connectivity index is 2.89. The molecule has 1 aliphatic carbocycles. The van der Waals surface area contributed by atoms with Crippen molar-refractivity contribution in [1.29, 1.82) is 0 Å². The van der Waals surface area contributed by atoms with Crippen LogP contribution >= 0.6 is 0 Å². The lowest BCUT2D eigenvalue weighted by Gasteiger charge is -2.28. The monoisotopic (exact) mass is 342 g/mol. The van der Waals surface area contributed by atoms with Crippen LogP contribution in [-0.4, -0.2) is 48.0 Å². The first kappa shape index (κ1) is 19.9. The Morgan fingerprint density at radius 2 is 1.88 bits per heavy atom. The van der Waals surface area contributed by atoms with Crippen LogP contribution in [-0.2, 0) is 23.9 Å². The minimum Gasteiger partial charge on any atom is -0.464 e. The maximum absolute atomic E-state index is 12.1. The molecule has 8 nitrogen and oxygen atoms in total. The summed E-state index contributed by atoms with van der Waals surface area (Å²) in [7, 11) is 0. The molecule has 0 saturated heterocycles. The standard InChI is InChI=1S/C16H26N2O6/c1-6-23-14(21)13(17-9(2)19)11-7-10(20)8-12(11)18-15(22)24-16(3,4)5/h11-13H,6-8H2,1-5H3,(H,17,19)(H,18,22). The van der Waals surface area contributed by atoms with Crippen LogP contribution in [0.2, 0.25) is 0 Å². The first-order chi connectivity index (χ1) is 11.0. The van der Waals surface area contributed by atoms with Crippen LogP contribution in [0.3, 0.4) is 0 Å². The molecule has 0 bridgehead atoms. The molecule has 0 aliphatic heterocycles. The number of alkyl carbamates (subject to hydrolysis) is 1. The smallest absolute Gasteiger partial charge is 0.407 e. The van der Waals surface area contributed by atoms with Crippen LogP contribution in [0.4, 0.5) is 4.79 Å². The summed E-state index contributed by atoms with van der Waals surface area (Å²) < 4.78 is 10.2. The van der Waals surface area contributed by atoms with Gasteiger partial charge in [0.1, 0.15) is 17.4 Å². The van der Waals surface area contributed by atoms with E-state index >= 15 is 0 Å². The van der Waals surface area contributed by atoms with Crippen molar-refractivity contribution in [2.45, 2.75) is 65.1 Å². The summed E-state index contributed by atoms with van der Waals surface area (Å²) in [4.78, 5) is 47.3. The van der Waals surface area contributed by atoms with Crippen molar-refractivity contribution < 1.29 is 28.7 Å². The highest BCUT2D eigenvalue weighted by Gasteiger charge is 2.43. The number of ether oxygens (including phenoxy) is 2. The number of carbonyl (C=O) groups is 4. The largest absolute Gasteiger partial charge is 0.464 e. The summed E-state index contributed by atoms with van der Waals surface area (Å²) in [5.74, 6) is -1.71. The van der Waals surface area contributed by atoms with Gasteiger partial charge in [0.15, 0.2) is 0 Å².